The van der Waals surface area contributed by atoms with E-state index in [1.165, 1.54) is 0 Å². The first-order chi connectivity index (χ1) is 14.2. The van der Waals surface area contributed by atoms with Crippen molar-refractivity contribution >= 4 is 57.9 Å². The Kier molecular flexibility index (Phi) is 4.18. The number of halogens is 1. The Balaban J connectivity index is 1.49. The lowest BCUT2D eigenvalue weighted by Crippen LogP contribution is -2.03. The van der Waals surface area contributed by atoms with Crippen molar-refractivity contribution in [1.29, 1.82) is 0 Å². The van der Waals surface area contributed by atoms with E-state index < -0.39 is 0 Å². The number of anilines is 1. The van der Waals surface area contributed by atoms with Gasteiger partial charge in [-0.1, -0.05) is 23.7 Å². The van der Waals surface area contributed by atoms with Gasteiger partial charge in [0, 0.05) is 17.8 Å². The normalized spacial score (nSPS) is 14.7. The fraction of sp³-hybridized carbons (Fsp3) is 0. The van der Waals surface area contributed by atoms with Crippen LogP contribution in [0.2, 0.25) is 5.15 Å². The summed E-state index contributed by atoms with van der Waals surface area (Å²) in [5.41, 5.74) is 5.35. The Labute approximate surface area is 171 Å². The summed E-state index contributed by atoms with van der Waals surface area (Å²) in [4.78, 5) is 20.6. The number of H-pyrrole nitrogens is 1. The fourth-order valence-electron chi connectivity index (χ4n) is 3.26. The highest BCUT2D eigenvalue weighted by atomic mass is 35.5. The lowest BCUT2D eigenvalue weighted by molar-refractivity contribution is -0.110. The molecule has 0 atom stereocenters. The molecule has 0 bridgehead atoms. The predicted molar refractivity (Wildman–Crippen MR) is 115 cm³/mol. The standard InChI is InChI=1S/C22H14ClN5O/c23-20-6-5-18-21(26-20)16(22(29)25-18)11-14-1-3-15-17(27-28-19(15)12-14)4-2-13-7-9-24-10-8-13/h1-12H,(H,25,29)(H,27,28)/b4-2+,16-11-. The summed E-state index contributed by atoms with van der Waals surface area (Å²) in [5, 5.41) is 11.6. The predicted octanol–water partition coefficient (Wildman–Crippen LogP) is 4.67. The quantitative estimate of drug-likeness (QED) is 0.387. The number of rotatable bonds is 3. The van der Waals surface area contributed by atoms with Gasteiger partial charge in [-0.05, 0) is 59.7 Å². The fourth-order valence-corrected chi connectivity index (χ4v) is 3.41. The van der Waals surface area contributed by atoms with E-state index in [9.17, 15) is 4.79 Å². The third-order valence-corrected chi connectivity index (χ3v) is 4.89. The van der Waals surface area contributed by atoms with E-state index in [-0.39, 0.29) is 5.91 Å². The van der Waals surface area contributed by atoms with E-state index in [1.54, 1.807) is 30.6 Å². The first-order valence-corrected chi connectivity index (χ1v) is 9.31. The van der Waals surface area contributed by atoms with Crippen LogP contribution >= 0.6 is 11.6 Å². The van der Waals surface area contributed by atoms with Crippen molar-refractivity contribution in [2.24, 2.45) is 0 Å². The topological polar surface area (TPSA) is 83.6 Å². The molecular weight excluding hydrogens is 386 g/mol. The highest BCUT2D eigenvalue weighted by molar-refractivity contribution is 6.35. The molecule has 6 nitrogen and oxygen atoms in total. The van der Waals surface area contributed by atoms with Gasteiger partial charge in [-0.25, -0.2) is 4.98 Å². The van der Waals surface area contributed by atoms with Crippen LogP contribution in [0.15, 0.2) is 54.9 Å². The number of hydrogen-bond donors (Lipinski definition) is 2. The first-order valence-electron chi connectivity index (χ1n) is 8.93. The minimum Gasteiger partial charge on any atom is -0.320 e. The maximum Gasteiger partial charge on any atom is 0.258 e. The molecule has 0 radical (unpaired) electrons. The van der Waals surface area contributed by atoms with Gasteiger partial charge in [0.05, 0.1) is 22.5 Å². The second-order valence-corrected chi connectivity index (χ2v) is 6.96. The minimum atomic E-state index is -0.194. The third-order valence-electron chi connectivity index (χ3n) is 4.68. The number of amides is 1. The van der Waals surface area contributed by atoms with Crippen LogP contribution in [0.25, 0.3) is 34.7 Å². The van der Waals surface area contributed by atoms with Crippen LogP contribution in [-0.4, -0.2) is 26.1 Å². The number of nitrogens with one attached hydrogen (secondary N) is 2. The molecule has 1 aliphatic heterocycles. The summed E-state index contributed by atoms with van der Waals surface area (Å²) >= 11 is 5.99. The van der Waals surface area contributed by atoms with Crippen molar-refractivity contribution in [3.63, 3.8) is 0 Å². The molecule has 1 aliphatic rings. The van der Waals surface area contributed by atoms with E-state index in [2.05, 4.69) is 25.5 Å². The molecule has 0 saturated carbocycles. The molecule has 7 heteroatoms. The summed E-state index contributed by atoms with van der Waals surface area (Å²) in [7, 11) is 0. The molecule has 29 heavy (non-hydrogen) atoms. The number of carbonyl (C=O) groups excluding carboxylic acids is 1. The van der Waals surface area contributed by atoms with Gasteiger partial charge in [-0.15, -0.1) is 0 Å². The molecule has 1 aromatic carbocycles. The molecule has 4 heterocycles. The summed E-state index contributed by atoms with van der Waals surface area (Å²) in [5.74, 6) is -0.194. The smallest absolute Gasteiger partial charge is 0.258 e. The van der Waals surface area contributed by atoms with Crippen LogP contribution in [0.4, 0.5) is 5.69 Å². The number of carbonyl (C=O) groups is 1. The summed E-state index contributed by atoms with van der Waals surface area (Å²) in [6.45, 7) is 0. The van der Waals surface area contributed by atoms with E-state index in [4.69, 9.17) is 11.6 Å². The maximum absolute atomic E-state index is 12.3. The van der Waals surface area contributed by atoms with E-state index >= 15 is 0 Å². The van der Waals surface area contributed by atoms with E-state index in [1.807, 2.05) is 42.5 Å². The Hall–Kier alpha value is -3.77. The van der Waals surface area contributed by atoms with Gasteiger partial charge in [0.1, 0.15) is 10.8 Å². The number of fused-ring (bicyclic) bond motifs is 2. The van der Waals surface area contributed by atoms with Crippen LogP contribution in [0.3, 0.4) is 0 Å². The summed E-state index contributed by atoms with van der Waals surface area (Å²) in [6.07, 6.45) is 9.25. The van der Waals surface area contributed by atoms with Crippen molar-refractivity contribution in [3.8, 4) is 0 Å². The number of benzene rings is 1. The lowest BCUT2D eigenvalue weighted by atomic mass is 10.1. The van der Waals surface area contributed by atoms with Crippen LogP contribution < -0.4 is 5.32 Å². The first kappa shape index (κ1) is 17.3. The van der Waals surface area contributed by atoms with Gasteiger partial charge >= 0.3 is 0 Å². The van der Waals surface area contributed by atoms with Crippen molar-refractivity contribution in [3.05, 3.63) is 82.5 Å². The van der Waals surface area contributed by atoms with Gasteiger partial charge in [0.2, 0.25) is 0 Å². The van der Waals surface area contributed by atoms with Crippen LogP contribution in [-0.2, 0) is 4.79 Å². The van der Waals surface area contributed by atoms with Crippen LogP contribution in [0, 0.1) is 0 Å². The minimum absolute atomic E-state index is 0.194. The number of pyridine rings is 2. The Morgan fingerprint density at radius 2 is 1.83 bits per heavy atom. The van der Waals surface area contributed by atoms with Crippen molar-refractivity contribution in [2.75, 3.05) is 5.32 Å². The maximum atomic E-state index is 12.3. The van der Waals surface area contributed by atoms with Crippen LogP contribution in [0.5, 0.6) is 0 Å². The molecular formula is C22H14ClN5O. The monoisotopic (exact) mass is 399 g/mol. The third kappa shape index (κ3) is 3.30. The molecule has 0 unspecified atom stereocenters. The molecule has 0 aliphatic carbocycles. The zero-order valence-corrected chi connectivity index (χ0v) is 15.8. The Morgan fingerprint density at radius 3 is 2.69 bits per heavy atom. The number of nitrogens with zero attached hydrogens (tertiary/aromatic N) is 3. The molecule has 3 aromatic heterocycles. The van der Waals surface area contributed by atoms with E-state index in [0.717, 1.165) is 27.7 Å². The molecule has 0 spiro atoms. The van der Waals surface area contributed by atoms with Crippen LogP contribution in [0.1, 0.15) is 22.5 Å². The number of hydrogen-bond acceptors (Lipinski definition) is 4. The van der Waals surface area contributed by atoms with Gasteiger partial charge in [-0.3, -0.25) is 14.9 Å². The molecule has 0 saturated heterocycles. The van der Waals surface area contributed by atoms with Crippen molar-refractivity contribution in [2.45, 2.75) is 0 Å². The van der Waals surface area contributed by atoms with Gasteiger partial charge in [-0.2, -0.15) is 5.10 Å². The van der Waals surface area contributed by atoms with E-state index in [0.29, 0.717) is 22.1 Å². The summed E-state index contributed by atoms with van der Waals surface area (Å²) < 4.78 is 0. The zero-order valence-electron chi connectivity index (χ0n) is 15.1. The molecule has 2 N–H and O–H groups in total. The average molecular weight is 400 g/mol. The zero-order chi connectivity index (χ0) is 19.8. The average Bonchev–Trinajstić information content (AvgIpc) is 3.28. The SMILES string of the molecule is O=C1Nc2ccc(Cl)nc2/C1=C/c1ccc2c(/C=C/c3ccncc3)n[nH]c2c1. The largest absolute Gasteiger partial charge is 0.320 e. The van der Waals surface area contributed by atoms with Gasteiger partial charge in [0.25, 0.3) is 5.91 Å². The highest BCUT2D eigenvalue weighted by Gasteiger charge is 2.25. The molecule has 1 amide bonds. The highest BCUT2D eigenvalue weighted by Crippen LogP contribution is 2.33. The lowest BCUT2D eigenvalue weighted by Gasteiger charge is -1.99. The summed E-state index contributed by atoms with van der Waals surface area (Å²) in [6, 6.07) is 13.2. The van der Waals surface area contributed by atoms with Crippen molar-refractivity contribution in [1.82, 2.24) is 20.2 Å². The Morgan fingerprint density at radius 1 is 0.966 bits per heavy atom. The number of aromatic nitrogens is 4. The molecule has 5 rings (SSSR count). The molecule has 140 valence electrons. The van der Waals surface area contributed by atoms with Gasteiger partial charge < -0.3 is 5.32 Å². The second-order valence-electron chi connectivity index (χ2n) is 6.57. The second kappa shape index (κ2) is 7.00. The molecule has 0 fully saturated rings. The van der Waals surface area contributed by atoms with Crippen molar-refractivity contribution < 1.29 is 4.79 Å². The Bertz CT molecular complexity index is 1310. The van der Waals surface area contributed by atoms with Gasteiger partial charge in [0.15, 0.2) is 0 Å². The molecule has 4 aromatic rings. The number of aromatic amines is 1.